The van der Waals surface area contributed by atoms with E-state index in [0.29, 0.717) is 5.69 Å². The largest absolute Gasteiger partial charge is 0.387 e. The number of hydrogen-bond donors (Lipinski definition) is 7. The van der Waals surface area contributed by atoms with E-state index in [1.165, 1.54) is 11.9 Å². The average Bonchev–Trinajstić information content (AvgIpc) is 3.48. The minimum absolute atomic E-state index is 0.0227. The lowest BCUT2D eigenvalue weighted by Crippen LogP contribution is -2.59. The number of anilines is 1. The second-order valence-electron chi connectivity index (χ2n) is 12.5. The first-order valence-electron chi connectivity index (χ1n) is 16.1. The highest BCUT2D eigenvalue weighted by atomic mass is 16.7. The van der Waals surface area contributed by atoms with Crippen molar-refractivity contribution >= 4 is 17.5 Å². The molecule has 1 unspecified atom stereocenters. The minimum atomic E-state index is -1.77. The Kier molecular flexibility index (Phi) is 11.5. The zero-order valence-corrected chi connectivity index (χ0v) is 27.4. The fraction of sp³-hybridized carbons (Fsp3) is 0.562. The van der Waals surface area contributed by atoms with Crippen LogP contribution < -0.4 is 22.3 Å². The number of ether oxygens (including phenoxy) is 3. The van der Waals surface area contributed by atoms with Crippen LogP contribution in [0, 0.1) is 0 Å². The molecule has 17 heteroatoms. The number of aliphatic hydroxyl groups is 4. The van der Waals surface area contributed by atoms with Crippen LogP contribution in [-0.2, 0) is 30.2 Å². The first-order valence-corrected chi connectivity index (χ1v) is 16.1. The van der Waals surface area contributed by atoms with Crippen LogP contribution in [-0.4, -0.2) is 134 Å². The quantitative estimate of drug-likeness (QED) is 0.130. The van der Waals surface area contributed by atoms with Gasteiger partial charge in [0.1, 0.15) is 54.5 Å². The number of aryl methyl sites for hydroxylation is 1. The van der Waals surface area contributed by atoms with Crippen molar-refractivity contribution in [2.24, 2.45) is 5.73 Å². The summed E-state index contributed by atoms with van der Waals surface area (Å²) in [6, 6.07) is 7.10. The van der Waals surface area contributed by atoms with Gasteiger partial charge in [-0.25, -0.2) is 4.79 Å². The molecule has 1 aromatic heterocycles. The van der Waals surface area contributed by atoms with Gasteiger partial charge in [-0.3, -0.25) is 28.8 Å². The highest BCUT2D eigenvalue weighted by Crippen LogP contribution is 2.36. The van der Waals surface area contributed by atoms with Crippen molar-refractivity contribution in [1.82, 2.24) is 19.4 Å². The van der Waals surface area contributed by atoms with E-state index in [1.54, 1.807) is 25.3 Å². The Bertz CT molecular complexity index is 1630. The third kappa shape index (κ3) is 7.54. The SMILES string of the molecule is CCCCc1ccc(NC(=O)C2=CCN(C)[C@@H]([C@H](O[C@@H]3O[C@H](CN)[C@@H](O)[C@H]3O)C3O[C@@H](n4ccc(=O)[nH]c4=O)[C@H](O)[C@@H]3O)C(=O)N2C)cc1. The highest BCUT2D eigenvalue weighted by Gasteiger charge is 2.55. The summed E-state index contributed by atoms with van der Waals surface area (Å²) in [5.74, 6) is -1.24. The number of nitrogens with zero attached hydrogens (tertiary/aromatic N) is 3. The number of aromatic nitrogens is 2. The van der Waals surface area contributed by atoms with Crippen molar-refractivity contribution in [1.29, 1.82) is 0 Å². The fourth-order valence-electron chi connectivity index (χ4n) is 6.28. The van der Waals surface area contributed by atoms with Crippen LogP contribution in [0.25, 0.3) is 0 Å². The molecule has 17 nitrogen and oxygen atoms in total. The number of H-pyrrole nitrogens is 1. The van der Waals surface area contributed by atoms with Crippen molar-refractivity contribution in [3.8, 4) is 0 Å². The first kappa shape index (κ1) is 36.5. The Morgan fingerprint density at radius 1 is 1.04 bits per heavy atom. The Labute approximate surface area is 281 Å². The summed E-state index contributed by atoms with van der Waals surface area (Å²) in [5, 5.41) is 46.3. The smallest absolute Gasteiger partial charge is 0.330 e. The number of rotatable bonds is 11. The molecule has 4 heterocycles. The normalized spacial score (nSPS) is 31.4. The maximum Gasteiger partial charge on any atom is 0.330 e. The van der Waals surface area contributed by atoms with Gasteiger partial charge < -0.3 is 50.6 Å². The standard InChI is InChI=1S/C32H44N6O11/c1-4-5-6-16-7-9-17(10-8-16)34-28(44)18-11-13-36(2)21(29(45)37(18)3)26(49-31-25(43)22(40)19(15-33)47-31)27-23(41)24(42)30(48-27)38-14-12-20(39)35-32(38)46/h7-12,14,19,21-27,30-31,40-43H,4-6,13,15,33H2,1-3H3,(H,34,44)(H,35,39,46)/t19-,21+,22-,23+,24-,25-,26+,27?,30-,31+/m1/s1. The second-order valence-corrected chi connectivity index (χ2v) is 12.5. The molecule has 49 heavy (non-hydrogen) atoms. The van der Waals surface area contributed by atoms with Crippen LogP contribution in [0.3, 0.4) is 0 Å². The molecule has 3 aliphatic rings. The summed E-state index contributed by atoms with van der Waals surface area (Å²) in [6.07, 6.45) is -8.12. The lowest BCUT2D eigenvalue weighted by Gasteiger charge is -2.38. The van der Waals surface area contributed by atoms with E-state index >= 15 is 0 Å². The van der Waals surface area contributed by atoms with Crippen molar-refractivity contribution in [3.63, 3.8) is 0 Å². The van der Waals surface area contributed by atoms with Gasteiger partial charge >= 0.3 is 5.69 Å². The zero-order chi connectivity index (χ0) is 35.6. The predicted octanol–water partition coefficient (Wildman–Crippen LogP) is -2.42. The molecular formula is C32H44N6O11. The van der Waals surface area contributed by atoms with Gasteiger partial charge in [0.2, 0.25) is 5.91 Å². The Morgan fingerprint density at radius 3 is 2.39 bits per heavy atom. The van der Waals surface area contributed by atoms with Gasteiger partial charge in [0.05, 0.1) is 0 Å². The molecule has 0 aliphatic carbocycles. The van der Waals surface area contributed by atoms with Gasteiger partial charge in [0.15, 0.2) is 12.5 Å². The molecule has 5 rings (SSSR count). The Balaban J connectivity index is 1.43. The second kappa shape index (κ2) is 15.4. The first-order chi connectivity index (χ1) is 23.4. The molecule has 8 N–H and O–H groups in total. The number of likely N-dealkylation sites (N-methyl/N-ethyl adjacent to an activating group) is 2. The summed E-state index contributed by atoms with van der Waals surface area (Å²) in [6.45, 7) is 1.96. The lowest BCUT2D eigenvalue weighted by atomic mass is 9.97. The Morgan fingerprint density at radius 2 is 1.76 bits per heavy atom. The summed E-state index contributed by atoms with van der Waals surface area (Å²) in [7, 11) is 2.95. The molecule has 0 bridgehead atoms. The van der Waals surface area contributed by atoms with E-state index in [0.717, 1.165) is 46.6 Å². The number of carbonyl (C=O) groups is 2. The van der Waals surface area contributed by atoms with Gasteiger partial charge in [-0.2, -0.15) is 0 Å². The van der Waals surface area contributed by atoms with Gasteiger partial charge in [-0.1, -0.05) is 25.5 Å². The van der Waals surface area contributed by atoms with Crippen LogP contribution >= 0.6 is 0 Å². The summed E-state index contributed by atoms with van der Waals surface area (Å²) >= 11 is 0. The van der Waals surface area contributed by atoms with E-state index in [4.69, 9.17) is 19.9 Å². The maximum atomic E-state index is 14.3. The molecule has 0 saturated carbocycles. The van der Waals surface area contributed by atoms with Gasteiger partial charge in [-0.15, -0.1) is 0 Å². The van der Waals surface area contributed by atoms with E-state index in [9.17, 15) is 39.6 Å². The minimum Gasteiger partial charge on any atom is -0.387 e. The van der Waals surface area contributed by atoms with E-state index in [-0.39, 0.29) is 18.8 Å². The summed E-state index contributed by atoms with van der Waals surface area (Å²) in [5.41, 5.74) is 5.74. The van der Waals surface area contributed by atoms with E-state index < -0.39 is 84.4 Å². The average molecular weight is 689 g/mol. The van der Waals surface area contributed by atoms with Crippen LogP contribution in [0.4, 0.5) is 5.69 Å². The number of unbranched alkanes of at least 4 members (excludes halogenated alkanes) is 1. The van der Waals surface area contributed by atoms with Crippen molar-refractivity contribution in [2.75, 3.05) is 32.5 Å². The van der Waals surface area contributed by atoms with E-state index in [1.807, 2.05) is 12.1 Å². The van der Waals surface area contributed by atoms with Gasteiger partial charge in [0, 0.05) is 38.1 Å². The number of hydrogen-bond acceptors (Lipinski definition) is 13. The molecule has 268 valence electrons. The molecule has 1 aromatic carbocycles. The molecule has 2 saturated heterocycles. The van der Waals surface area contributed by atoms with Crippen LogP contribution in [0.1, 0.15) is 31.6 Å². The third-order valence-corrected chi connectivity index (χ3v) is 9.13. The number of aromatic amines is 1. The van der Waals surface area contributed by atoms with E-state index in [2.05, 4.69) is 17.2 Å². The molecule has 0 radical (unpaired) electrons. The Hall–Kier alpha value is -3.78. The number of nitrogens with two attached hydrogens (primary N) is 1. The fourth-order valence-corrected chi connectivity index (χ4v) is 6.28. The number of aliphatic hydroxyl groups excluding tert-OH is 4. The van der Waals surface area contributed by atoms with Gasteiger partial charge in [-0.05, 0) is 43.7 Å². The summed E-state index contributed by atoms with van der Waals surface area (Å²) < 4.78 is 18.6. The summed E-state index contributed by atoms with van der Waals surface area (Å²) in [4.78, 5) is 56.6. The van der Waals surface area contributed by atoms with Crippen LogP contribution in [0.5, 0.6) is 0 Å². The molecule has 2 aromatic rings. The van der Waals surface area contributed by atoms with Crippen molar-refractivity contribution < 1.29 is 44.2 Å². The molecule has 2 fully saturated rings. The molecule has 0 spiro atoms. The number of carbonyl (C=O) groups excluding carboxylic acids is 2. The number of nitrogens with one attached hydrogen (secondary N) is 2. The highest BCUT2D eigenvalue weighted by molar-refractivity contribution is 6.06. The molecule has 2 amide bonds. The van der Waals surface area contributed by atoms with Crippen LogP contribution in [0.15, 0.2) is 57.9 Å². The number of amides is 2. The predicted molar refractivity (Wildman–Crippen MR) is 173 cm³/mol. The number of benzene rings is 1. The van der Waals surface area contributed by atoms with Crippen molar-refractivity contribution in [2.45, 2.75) is 87.5 Å². The molecule has 3 aliphatic heterocycles. The zero-order valence-electron chi connectivity index (χ0n) is 27.4. The lowest BCUT2D eigenvalue weighted by molar-refractivity contribution is -0.232. The maximum absolute atomic E-state index is 14.3. The molecule has 10 atom stereocenters. The topological polar surface area (TPSA) is 242 Å². The third-order valence-electron chi connectivity index (χ3n) is 9.13. The molecular weight excluding hydrogens is 644 g/mol. The van der Waals surface area contributed by atoms with Crippen molar-refractivity contribution in [3.05, 3.63) is 74.7 Å². The van der Waals surface area contributed by atoms with Gasteiger partial charge in [0.25, 0.3) is 11.5 Å². The monoisotopic (exact) mass is 688 g/mol. The van der Waals surface area contributed by atoms with Crippen LogP contribution in [0.2, 0.25) is 0 Å².